The second-order valence-corrected chi connectivity index (χ2v) is 35.5. The quantitative estimate of drug-likeness (QED) is 0.0422. The number of nitrogens with zero attached hydrogens (tertiary/aromatic N) is 18. The van der Waals surface area contributed by atoms with Gasteiger partial charge >= 0.3 is 5.92 Å². The number of benzene rings is 6. The van der Waals surface area contributed by atoms with Crippen LogP contribution in [0.15, 0.2) is 146 Å². The van der Waals surface area contributed by atoms with Crippen LogP contribution >= 0.6 is 0 Å². The summed E-state index contributed by atoms with van der Waals surface area (Å²) >= 11 is 0. The number of hydrogen-bond acceptors (Lipinski definition) is 28. The highest BCUT2D eigenvalue weighted by Gasteiger charge is 2.48. The Kier molecular flexibility index (Phi) is 28.5. The number of carbonyl (C=O) groups excluding carboxylic acids is 4. The molecular formula is C101H105F3N20O14. The van der Waals surface area contributed by atoms with Crippen molar-refractivity contribution in [2.75, 3.05) is 195 Å². The number of aliphatic hydroxyl groups is 3. The molecule has 0 bridgehead atoms. The fourth-order valence-corrected chi connectivity index (χ4v) is 19.0. The number of fused-ring (bicyclic) bond motifs is 3. The van der Waals surface area contributed by atoms with Crippen molar-refractivity contribution in [1.82, 2.24) is 74.2 Å². The number of piperazine rings is 3. The molecule has 5 N–H and O–H groups in total. The summed E-state index contributed by atoms with van der Waals surface area (Å²) in [4.78, 5) is 101. The number of methoxy groups -OCH3 is 2. The molecule has 3 atom stereocenters. The van der Waals surface area contributed by atoms with E-state index >= 15 is 0 Å². The van der Waals surface area contributed by atoms with Gasteiger partial charge in [-0.2, -0.15) is 15.8 Å². The van der Waals surface area contributed by atoms with Crippen molar-refractivity contribution in [3.8, 4) is 104 Å². The lowest BCUT2D eigenvalue weighted by molar-refractivity contribution is -0.161. The molecule has 11 aromatic rings. The number of alkyl halides is 3. The minimum absolute atomic E-state index is 0.00778. The standard InChI is InChI=1S/C35H37FN6O5.C34H35F2N7O5.C32H33N7O4/c1-45-33-15-22(2-4-30(33)41-10-8-40(9-11-41)26-19-46-20-26)24-13-27-29(14-24)38-21-39-35(27)23-3-5-31(25(12-23)16-37)47-32-6-7-42(17-28(32)36)34(44)18-43;1-46-28-15-22(2-4-26(28)42-12-10-41(11-13-42)24-18-47-19-24)33-39-25-6-8-38-31(32(25)40-33)21-3-5-27(23(14-21)16-37)48-29-7-9-43(30(45)17-44)20-34(29,35)36;1-37-14-16-39(17-15-37)32(42)22-4-2-21(3-5-22)31-35-26-8-11-34-29(30(26)36-31)23-6-7-27(24(18-23)19-33)43-25-9-12-38(13-10-25)28(41)20-40/h2-5,12-13,15,21,26,28,32,43H,6-11,14,17-20H2,1H3;2-6,8,14-15,24,29,44H,7,9-13,17-20H2,1H3,(H,39,40);2-8,11,18,25,40H,9-10,12-17,20H2,1H3,(H,35,36)/t28-,32+;29-;/m10./s1. The highest BCUT2D eigenvalue weighted by molar-refractivity contribution is 5.97. The SMILES string of the molecule is CN1CCN(C(=O)c2ccc(-c3nc4c(-c5ccc(OC6CCN(C(=O)CO)CC6)c(C#N)c5)nccc4[nH]3)cc2)CC1.COc1cc(-c2nc3c(-c4ccc(O[C@H]5CCN(C(=O)CO)CC5(F)F)c(C#N)c4)nccc3[nH]2)ccc1N1CCN(C2COC2)CC1.COc1cc(C2=Cc3c(ncnc3-c3ccc(O[C@H]4CCN(C(=O)CO)C[C@H]4F)c(C#N)c3)C2)ccc1N1CCN(C2COC2)CC1. The molecule has 20 rings (SSSR count). The number of amides is 4. The maximum Gasteiger partial charge on any atom is 0.301 e. The summed E-state index contributed by atoms with van der Waals surface area (Å²) in [5, 5.41) is 57.0. The Morgan fingerprint density at radius 2 is 0.971 bits per heavy atom. The largest absolute Gasteiger partial charge is 0.495 e. The van der Waals surface area contributed by atoms with Gasteiger partial charge in [0.25, 0.3) is 5.91 Å². The fraction of sp³-hybridized carbons (Fsp3) is 0.396. The molecule has 13 heterocycles. The van der Waals surface area contributed by atoms with Gasteiger partial charge in [0.1, 0.15) is 108 Å². The number of aromatic nitrogens is 8. The van der Waals surface area contributed by atoms with Crippen LogP contribution in [0.3, 0.4) is 0 Å². The molecular weight excluding hydrogens is 1770 g/mol. The van der Waals surface area contributed by atoms with E-state index in [4.69, 9.17) is 58.4 Å². The van der Waals surface area contributed by atoms with Crippen LogP contribution in [0.2, 0.25) is 0 Å². The first kappa shape index (κ1) is 94.2. The maximum absolute atomic E-state index is 14.9. The molecule has 9 aliphatic rings. The van der Waals surface area contributed by atoms with Crippen LogP contribution in [0, 0.1) is 34.0 Å². The molecule has 8 aliphatic heterocycles. The number of aromatic amines is 2. The highest BCUT2D eigenvalue weighted by Crippen LogP contribution is 2.44. The van der Waals surface area contributed by atoms with E-state index in [1.54, 1.807) is 67.9 Å². The molecule has 0 radical (unpaired) electrons. The second kappa shape index (κ2) is 41.8. The predicted molar refractivity (Wildman–Crippen MR) is 505 cm³/mol. The molecule has 4 amide bonds. The van der Waals surface area contributed by atoms with Gasteiger partial charge in [0.15, 0.2) is 12.3 Å². The van der Waals surface area contributed by atoms with Crippen LogP contribution in [0.1, 0.15) is 69.6 Å². The number of likely N-dealkylation sites (tertiary alicyclic amines) is 3. The summed E-state index contributed by atoms with van der Waals surface area (Å²) in [5.41, 5.74) is 15.8. The van der Waals surface area contributed by atoms with E-state index in [2.05, 4.69) is 104 Å². The Bertz CT molecular complexity index is 6500. The van der Waals surface area contributed by atoms with E-state index in [0.717, 1.165) is 188 Å². The molecule has 6 aromatic carbocycles. The van der Waals surface area contributed by atoms with Crippen LogP contribution in [-0.4, -0.2) is 341 Å². The Morgan fingerprint density at radius 3 is 1.49 bits per heavy atom. The van der Waals surface area contributed by atoms with Crippen molar-refractivity contribution in [3.05, 3.63) is 185 Å². The minimum Gasteiger partial charge on any atom is -0.495 e. The molecule has 0 spiro atoms. The molecule has 8 fully saturated rings. The average molecular weight is 1880 g/mol. The van der Waals surface area contributed by atoms with Crippen LogP contribution in [0.5, 0.6) is 28.7 Å². The number of H-pyrrole nitrogens is 2. The second-order valence-electron chi connectivity index (χ2n) is 35.5. The summed E-state index contributed by atoms with van der Waals surface area (Å²) in [6.45, 7) is 12.4. The Morgan fingerprint density at radius 1 is 0.493 bits per heavy atom. The molecule has 0 unspecified atom stereocenters. The van der Waals surface area contributed by atoms with E-state index in [0.29, 0.717) is 107 Å². The summed E-state index contributed by atoms with van der Waals surface area (Å²) in [6, 6.07) is 46.4. The van der Waals surface area contributed by atoms with Crippen LogP contribution in [0.4, 0.5) is 24.5 Å². The number of carbonyl (C=O) groups is 4. The topological polar surface area (TPSA) is 403 Å². The Balaban J connectivity index is 0.000000138. The van der Waals surface area contributed by atoms with Crippen molar-refractivity contribution in [3.63, 3.8) is 0 Å². The monoisotopic (exact) mass is 1880 g/mol. The van der Waals surface area contributed by atoms with Gasteiger partial charge in [-0.25, -0.2) is 33.1 Å². The van der Waals surface area contributed by atoms with E-state index in [-0.39, 0.29) is 73.0 Å². The Labute approximate surface area is 793 Å². The summed E-state index contributed by atoms with van der Waals surface area (Å²) < 4.78 is 84.8. The van der Waals surface area contributed by atoms with E-state index in [9.17, 15) is 48.1 Å². The molecule has 5 aromatic heterocycles. The number of hydrogen-bond donors (Lipinski definition) is 5. The number of aliphatic hydroxyl groups excluding tert-OH is 3. The molecule has 138 heavy (non-hydrogen) atoms. The third-order valence-electron chi connectivity index (χ3n) is 27.1. The zero-order valence-corrected chi connectivity index (χ0v) is 76.6. The zero-order chi connectivity index (χ0) is 95.8. The number of ether oxygens (including phenoxy) is 7. The average Bonchev–Trinajstić information content (AvgIpc) is 1.48. The number of pyridine rings is 2. The summed E-state index contributed by atoms with van der Waals surface area (Å²) in [6.07, 6.45) is 5.06. The molecule has 37 heteroatoms. The number of rotatable bonds is 22. The van der Waals surface area contributed by atoms with Gasteiger partial charge in [-0.3, -0.25) is 38.9 Å². The van der Waals surface area contributed by atoms with Gasteiger partial charge < -0.3 is 92.7 Å². The van der Waals surface area contributed by atoms with Gasteiger partial charge in [0.05, 0.1) is 128 Å². The number of nitriles is 3. The summed E-state index contributed by atoms with van der Waals surface area (Å²) in [7, 11) is 5.43. The molecule has 0 saturated carbocycles. The normalized spacial score (nSPS) is 19.3. The third-order valence-corrected chi connectivity index (χ3v) is 27.1. The van der Waals surface area contributed by atoms with E-state index < -0.39 is 62.5 Å². The Hall–Kier alpha value is -14.2. The third kappa shape index (κ3) is 20.3. The van der Waals surface area contributed by atoms with Gasteiger partial charge in [-0.15, -0.1) is 0 Å². The van der Waals surface area contributed by atoms with Crippen molar-refractivity contribution >= 4 is 68.7 Å². The first-order chi connectivity index (χ1) is 67.1. The summed E-state index contributed by atoms with van der Waals surface area (Å²) in [5.74, 6) is -1.25. The van der Waals surface area contributed by atoms with E-state index in [1.807, 2.05) is 71.6 Å². The molecule has 714 valence electrons. The first-order valence-corrected chi connectivity index (χ1v) is 46.3. The van der Waals surface area contributed by atoms with Crippen molar-refractivity contribution in [2.45, 2.75) is 74.6 Å². The number of allylic oxidation sites excluding steroid dienone is 1. The highest BCUT2D eigenvalue weighted by atomic mass is 19.3. The van der Waals surface area contributed by atoms with Gasteiger partial charge in [0.2, 0.25) is 17.7 Å². The van der Waals surface area contributed by atoms with Crippen LogP contribution < -0.4 is 33.5 Å². The smallest absolute Gasteiger partial charge is 0.301 e. The number of nitrogens with one attached hydrogen (secondary N) is 2. The number of imidazole rings is 2. The number of likely N-dealkylation sites (N-methyl/N-ethyl adjacent to an activating group) is 1. The van der Waals surface area contributed by atoms with Crippen LogP contribution in [-0.2, 0) is 30.3 Å². The number of anilines is 2. The minimum atomic E-state index is -3.37. The molecule has 8 saturated heterocycles. The lowest BCUT2D eigenvalue weighted by Crippen LogP contribution is -2.56. The maximum atomic E-state index is 14.9. The number of halogens is 3. The fourth-order valence-electron chi connectivity index (χ4n) is 19.0. The van der Waals surface area contributed by atoms with E-state index in [1.165, 1.54) is 17.3 Å². The van der Waals surface area contributed by atoms with Gasteiger partial charge in [0, 0.05) is 188 Å². The molecule has 34 nitrogen and oxygen atoms in total. The lowest BCUT2D eigenvalue weighted by atomic mass is 10.0. The zero-order valence-electron chi connectivity index (χ0n) is 76.6. The first-order valence-electron chi connectivity index (χ1n) is 46.3. The predicted octanol–water partition coefficient (Wildman–Crippen LogP) is 9.17. The van der Waals surface area contributed by atoms with Gasteiger partial charge in [-0.1, -0.05) is 18.2 Å². The van der Waals surface area contributed by atoms with Gasteiger partial charge in [-0.05, 0) is 133 Å². The lowest BCUT2D eigenvalue weighted by Gasteiger charge is -2.43. The number of piperidine rings is 3. The van der Waals surface area contributed by atoms with Crippen molar-refractivity contribution in [2.24, 2.45) is 0 Å². The van der Waals surface area contributed by atoms with Crippen molar-refractivity contribution < 1.29 is 80.8 Å². The van der Waals surface area contributed by atoms with Crippen molar-refractivity contribution in [1.29, 1.82) is 15.8 Å². The molecule has 1 aliphatic carbocycles. The van der Waals surface area contributed by atoms with Crippen LogP contribution in [0.25, 0.3) is 90.3 Å².